The van der Waals surface area contributed by atoms with Crippen LogP contribution >= 0.6 is 12.4 Å². The van der Waals surface area contributed by atoms with Crippen LogP contribution in [0.2, 0.25) is 0 Å². The highest BCUT2D eigenvalue weighted by atomic mass is 35.5. The van der Waals surface area contributed by atoms with Crippen LogP contribution in [0.15, 0.2) is 29.2 Å². The molecule has 0 bridgehead atoms. The SMILES string of the molecule is Cl.NCC1CS(=O)(=O)c2ccccc21. The highest BCUT2D eigenvalue weighted by molar-refractivity contribution is 7.91. The number of benzene rings is 1. The molecule has 1 aromatic rings. The molecule has 78 valence electrons. The zero-order valence-corrected chi connectivity index (χ0v) is 9.14. The molecule has 0 aromatic heterocycles. The van der Waals surface area contributed by atoms with Crippen molar-refractivity contribution in [2.45, 2.75) is 10.8 Å². The monoisotopic (exact) mass is 233 g/mol. The summed E-state index contributed by atoms with van der Waals surface area (Å²) in [4.78, 5) is 0.463. The predicted molar refractivity (Wildman–Crippen MR) is 57.5 cm³/mol. The molecular formula is C9H12ClNO2S. The smallest absolute Gasteiger partial charge is 0.179 e. The van der Waals surface area contributed by atoms with Crippen molar-refractivity contribution < 1.29 is 8.42 Å². The maximum atomic E-state index is 11.6. The Kier molecular flexibility index (Phi) is 3.19. The highest BCUT2D eigenvalue weighted by Crippen LogP contribution is 2.33. The van der Waals surface area contributed by atoms with E-state index in [1.54, 1.807) is 12.1 Å². The molecule has 0 radical (unpaired) electrons. The predicted octanol–water partition coefficient (Wildman–Crippen LogP) is 0.938. The summed E-state index contributed by atoms with van der Waals surface area (Å²) >= 11 is 0. The van der Waals surface area contributed by atoms with Crippen LogP contribution in [-0.2, 0) is 9.84 Å². The molecular weight excluding hydrogens is 222 g/mol. The van der Waals surface area contributed by atoms with Crippen LogP contribution in [0, 0.1) is 0 Å². The first-order chi connectivity index (χ1) is 6.15. The second-order valence-electron chi connectivity index (χ2n) is 3.25. The van der Waals surface area contributed by atoms with Gasteiger partial charge < -0.3 is 5.73 Å². The van der Waals surface area contributed by atoms with Crippen molar-refractivity contribution in [1.82, 2.24) is 0 Å². The van der Waals surface area contributed by atoms with Crippen molar-refractivity contribution >= 4 is 22.2 Å². The number of hydrogen-bond acceptors (Lipinski definition) is 3. The zero-order valence-electron chi connectivity index (χ0n) is 7.51. The summed E-state index contributed by atoms with van der Waals surface area (Å²) in [6.07, 6.45) is 0. The first-order valence-corrected chi connectivity index (χ1v) is 5.82. The Bertz CT molecular complexity index is 430. The normalized spacial score (nSPS) is 22.5. The second kappa shape index (κ2) is 3.88. The molecule has 1 heterocycles. The van der Waals surface area contributed by atoms with Crippen molar-refractivity contribution in [3.63, 3.8) is 0 Å². The van der Waals surface area contributed by atoms with Crippen LogP contribution in [0.25, 0.3) is 0 Å². The minimum absolute atomic E-state index is 0. The lowest BCUT2D eigenvalue weighted by Crippen LogP contribution is -2.14. The molecule has 0 amide bonds. The third-order valence-corrected chi connectivity index (χ3v) is 4.28. The number of nitrogens with two attached hydrogens (primary N) is 1. The minimum Gasteiger partial charge on any atom is -0.330 e. The van der Waals surface area contributed by atoms with E-state index in [4.69, 9.17) is 5.73 Å². The fraction of sp³-hybridized carbons (Fsp3) is 0.333. The third kappa shape index (κ3) is 1.65. The lowest BCUT2D eigenvalue weighted by atomic mass is 10.0. The fourth-order valence-electron chi connectivity index (χ4n) is 1.74. The van der Waals surface area contributed by atoms with E-state index in [2.05, 4.69) is 0 Å². The number of sulfone groups is 1. The van der Waals surface area contributed by atoms with Crippen LogP contribution in [0.4, 0.5) is 0 Å². The van der Waals surface area contributed by atoms with Crippen molar-refractivity contribution in [2.24, 2.45) is 5.73 Å². The van der Waals surface area contributed by atoms with Gasteiger partial charge >= 0.3 is 0 Å². The maximum Gasteiger partial charge on any atom is 0.179 e. The standard InChI is InChI=1S/C9H11NO2S.ClH/c10-5-7-6-13(11,12)9-4-2-1-3-8(7)9;/h1-4,7H,5-6,10H2;1H. The minimum atomic E-state index is -3.05. The average Bonchev–Trinajstić information content (AvgIpc) is 2.39. The van der Waals surface area contributed by atoms with Gasteiger partial charge in [-0.05, 0) is 11.6 Å². The van der Waals surface area contributed by atoms with Gasteiger partial charge in [-0.15, -0.1) is 12.4 Å². The molecule has 0 aliphatic carbocycles. The Morgan fingerprint density at radius 3 is 2.64 bits per heavy atom. The average molecular weight is 234 g/mol. The second-order valence-corrected chi connectivity index (χ2v) is 5.25. The Morgan fingerprint density at radius 2 is 2.00 bits per heavy atom. The largest absolute Gasteiger partial charge is 0.330 e. The summed E-state index contributed by atoms with van der Waals surface area (Å²) in [5, 5.41) is 0. The Balaban J connectivity index is 0.000000980. The van der Waals surface area contributed by atoms with E-state index in [0.717, 1.165) is 5.56 Å². The number of rotatable bonds is 1. The van der Waals surface area contributed by atoms with Gasteiger partial charge in [0.25, 0.3) is 0 Å². The Labute approximate surface area is 89.6 Å². The summed E-state index contributed by atoms with van der Waals surface area (Å²) in [5.74, 6) is 0.157. The fourth-order valence-corrected chi connectivity index (χ4v) is 3.65. The molecule has 0 fully saturated rings. The maximum absolute atomic E-state index is 11.6. The van der Waals surface area contributed by atoms with E-state index < -0.39 is 9.84 Å². The van der Waals surface area contributed by atoms with E-state index in [9.17, 15) is 8.42 Å². The molecule has 0 saturated heterocycles. The number of halogens is 1. The van der Waals surface area contributed by atoms with Crippen molar-refractivity contribution in [2.75, 3.05) is 12.3 Å². The van der Waals surface area contributed by atoms with Gasteiger partial charge in [-0.2, -0.15) is 0 Å². The molecule has 1 aliphatic heterocycles. The lowest BCUT2D eigenvalue weighted by molar-refractivity contribution is 0.597. The molecule has 3 nitrogen and oxygen atoms in total. The van der Waals surface area contributed by atoms with E-state index in [-0.39, 0.29) is 24.1 Å². The topological polar surface area (TPSA) is 60.2 Å². The van der Waals surface area contributed by atoms with Crippen molar-refractivity contribution in [1.29, 1.82) is 0 Å². The molecule has 0 saturated carbocycles. The van der Waals surface area contributed by atoms with Gasteiger partial charge in [0.15, 0.2) is 9.84 Å². The molecule has 1 aromatic carbocycles. The summed E-state index contributed by atoms with van der Waals surface area (Å²) in [5.41, 5.74) is 6.38. The van der Waals surface area contributed by atoms with Gasteiger partial charge in [0.1, 0.15) is 0 Å². The van der Waals surface area contributed by atoms with E-state index >= 15 is 0 Å². The number of fused-ring (bicyclic) bond motifs is 1. The molecule has 2 rings (SSSR count). The Hall–Kier alpha value is -0.580. The first-order valence-electron chi connectivity index (χ1n) is 4.17. The van der Waals surface area contributed by atoms with Crippen LogP contribution in [0.3, 0.4) is 0 Å². The van der Waals surface area contributed by atoms with Gasteiger partial charge in [0.05, 0.1) is 10.6 Å². The third-order valence-electron chi connectivity index (χ3n) is 2.40. The van der Waals surface area contributed by atoms with Gasteiger partial charge in [-0.25, -0.2) is 8.42 Å². The summed E-state index contributed by atoms with van der Waals surface area (Å²) < 4.78 is 23.1. The molecule has 5 heteroatoms. The van der Waals surface area contributed by atoms with E-state index in [1.165, 1.54) is 0 Å². The van der Waals surface area contributed by atoms with Crippen LogP contribution in [-0.4, -0.2) is 20.7 Å². The lowest BCUT2D eigenvalue weighted by Gasteiger charge is -2.03. The quantitative estimate of drug-likeness (QED) is 0.785. The van der Waals surface area contributed by atoms with Crippen molar-refractivity contribution in [3.05, 3.63) is 29.8 Å². The van der Waals surface area contributed by atoms with E-state index in [1.807, 2.05) is 12.1 Å². The van der Waals surface area contributed by atoms with Gasteiger partial charge in [-0.1, -0.05) is 18.2 Å². The molecule has 1 unspecified atom stereocenters. The number of hydrogen-bond donors (Lipinski definition) is 1. The summed E-state index contributed by atoms with van der Waals surface area (Å²) in [6, 6.07) is 7.09. The zero-order chi connectivity index (χ0) is 9.47. The molecule has 1 aliphatic rings. The van der Waals surface area contributed by atoms with Crippen LogP contribution < -0.4 is 5.73 Å². The summed E-state index contributed by atoms with van der Waals surface area (Å²) in [6.45, 7) is 0.399. The molecule has 14 heavy (non-hydrogen) atoms. The van der Waals surface area contributed by atoms with Crippen LogP contribution in [0.5, 0.6) is 0 Å². The Morgan fingerprint density at radius 1 is 1.36 bits per heavy atom. The molecule has 2 N–H and O–H groups in total. The molecule has 1 atom stereocenters. The van der Waals surface area contributed by atoms with Crippen molar-refractivity contribution in [3.8, 4) is 0 Å². The highest BCUT2D eigenvalue weighted by Gasteiger charge is 2.32. The van der Waals surface area contributed by atoms with Gasteiger partial charge in [-0.3, -0.25) is 0 Å². The summed E-state index contributed by atoms with van der Waals surface area (Å²) in [7, 11) is -3.05. The first kappa shape index (κ1) is 11.5. The van der Waals surface area contributed by atoms with Gasteiger partial charge in [0.2, 0.25) is 0 Å². The van der Waals surface area contributed by atoms with Crippen LogP contribution in [0.1, 0.15) is 11.5 Å². The molecule has 0 spiro atoms. The van der Waals surface area contributed by atoms with Gasteiger partial charge in [0, 0.05) is 12.5 Å². The van der Waals surface area contributed by atoms with E-state index in [0.29, 0.717) is 11.4 Å².